The molecule has 2 aromatic heterocycles. The first-order valence-electron chi connectivity index (χ1n) is 12.8. The molecule has 7 nitrogen and oxygen atoms in total. The second-order valence-corrected chi connectivity index (χ2v) is 10.0. The molecule has 1 unspecified atom stereocenters. The highest BCUT2D eigenvalue weighted by Gasteiger charge is 2.33. The van der Waals surface area contributed by atoms with Crippen LogP contribution in [0.1, 0.15) is 100 Å². The molecule has 33 heavy (non-hydrogen) atoms. The zero-order valence-electron chi connectivity index (χ0n) is 20.0. The van der Waals surface area contributed by atoms with Crippen LogP contribution in [0, 0.1) is 6.92 Å². The summed E-state index contributed by atoms with van der Waals surface area (Å²) in [5.41, 5.74) is 2.90. The summed E-state index contributed by atoms with van der Waals surface area (Å²) in [5.74, 6) is 0.975. The van der Waals surface area contributed by atoms with Gasteiger partial charge in [0.2, 0.25) is 0 Å². The van der Waals surface area contributed by atoms with E-state index in [1.54, 1.807) is 0 Å². The lowest BCUT2D eigenvalue weighted by Crippen LogP contribution is -2.41. The highest BCUT2D eigenvalue weighted by atomic mass is 16.1. The Bertz CT molecular complexity index is 1140. The van der Waals surface area contributed by atoms with Gasteiger partial charge in [-0.2, -0.15) is 0 Å². The predicted molar refractivity (Wildman–Crippen MR) is 130 cm³/mol. The zero-order chi connectivity index (χ0) is 22.8. The summed E-state index contributed by atoms with van der Waals surface area (Å²) in [4.78, 5) is 18.8. The highest BCUT2D eigenvalue weighted by Crippen LogP contribution is 2.36. The number of hydrogen-bond acceptors (Lipinski definition) is 5. The molecule has 0 spiro atoms. The van der Waals surface area contributed by atoms with Gasteiger partial charge >= 0.3 is 0 Å². The van der Waals surface area contributed by atoms with E-state index in [0.29, 0.717) is 18.6 Å². The average molecular weight is 449 g/mol. The molecule has 1 atom stereocenters. The Hall–Kier alpha value is -2.54. The molecular weight excluding hydrogens is 412 g/mol. The number of aryl methyl sites for hydroxylation is 1. The fraction of sp³-hybridized carbons (Fsp3) is 0.615. The highest BCUT2D eigenvalue weighted by molar-refractivity contribution is 5.79. The number of aromatic amines is 1. The van der Waals surface area contributed by atoms with Gasteiger partial charge in [-0.25, -0.2) is 4.68 Å². The number of aromatic nitrogens is 5. The smallest absolute Gasteiger partial charge is 0.252 e. The van der Waals surface area contributed by atoms with E-state index in [9.17, 15) is 4.79 Å². The Morgan fingerprint density at radius 2 is 1.85 bits per heavy atom. The predicted octanol–water partition coefficient (Wildman–Crippen LogP) is 5.22. The van der Waals surface area contributed by atoms with Crippen molar-refractivity contribution in [1.29, 1.82) is 0 Å². The van der Waals surface area contributed by atoms with Crippen molar-refractivity contribution in [1.82, 2.24) is 30.1 Å². The normalized spacial score (nSPS) is 19.0. The van der Waals surface area contributed by atoms with Crippen LogP contribution in [-0.4, -0.2) is 36.1 Å². The third-order valence-corrected chi connectivity index (χ3v) is 7.75. The number of nitrogens with zero attached hydrogens (tertiary/aromatic N) is 5. The molecule has 0 amide bonds. The van der Waals surface area contributed by atoms with Gasteiger partial charge in [-0.15, -0.1) is 5.10 Å². The quantitative estimate of drug-likeness (QED) is 0.536. The van der Waals surface area contributed by atoms with Crippen molar-refractivity contribution in [2.24, 2.45) is 0 Å². The van der Waals surface area contributed by atoms with Gasteiger partial charge in [-0.1, -0.05) is 51.2 Å². The fourth-order valence-corrected chi connectivity index (χ4v) is 5.97. The van der Waals surface area contributed by atoms with E-state index in [0.717, 1.165) is 47.1 Å². The van der Waals surface area contributed by atoms with E-state index in [1.807, 2.05) is 6.07 Å². The molecule has 7 heteroatoms. The summed E-state index contributed by atoms with van der Waals surface area (Å²) in [6, 6.07) is 9.30. The fourth-order valence-electron chi connectivity index (χ4n) is 5.97. The topological polar surface area (TPSA) is 79.7 Å². The number of tetrazole rings is 1. The lowest BCUT2D eigenvalue weighted by atomic mass is 9.92. The summed E-state index contributed by atoms with van der Waals surface area (Å²) in [5, 5.41) is 14.2. The zero-order valence-corrected chi connectivity index (χ0v) is 20.0. The summed E-state index contributed by atoms with van der Waals surface area (Å²) in [6.07, 6.45) is 11.9. The minimum absolute atomic E-state index is 0.0131. The van der Waals surface area contributed by atoms with Crippen LogP contribution in [0.3, 0.4) is 0 Å². The van der Waals surface area contributed by atoms with Gasteiger partial charge in [0.15, 0.2) is 5.82 Å². The summed E-state index contributed by atoms with van der Waals surface area (Å²) >= 11 is 0. The Morgan fingerprint density at radius 3 is 2.61 bits per heavy atom. The molecule has 3 aromatic rings. The van der Waals surface area contributed by atoms with Crippen LogP contribution in [0.4, 0.5) is 0 Å². The van der Waals surface area contributed by atoms with E-state index < -0.39 is 0 Å². The molecule has 0 radical (unpaired) electrons. The van der Waals surface area contributed by atoms with Crippen molar-refractivity contribution in [3.05, 3.63) is 51.6 Å². The molecule has 2 fully saturated rings. The lowest BCUT2D eigenvalue weighted by molar-refractivity contribution is 0.0830. The molecule has 1 aromatic carbocycles. The van der Waals surface area contributed by atoms with Crippen LogP contribution >= 0.6 is 0 Å². The Kier molecular flexibility index (Phi) is 6.58. The lowest BCUT2D eigenvalue weighted by Gasteiger charge is -2.39. The molecule has 0 bridgehead atoms. The molecule has 5 rings (SSSR count). The van der Waals surface area contributed by atoms with E-state index in [1.165, 1.54) is 44.9 Å². The Labute approximate surface area is 195 Å². The second kappa shape index (κ2) is 9.75. The molecule has 176 valence electrons. The van der Waals surface area contributed by atoms with Crippen LogP contribution < -0.4 is 5.56 Å². The maximum absolute atomic E-state index is 13.1. The van der Waals surface area contributed by atoms with Gasteiger partial charge in [0.05, 0.1) is 12.1 Å². The number of fused-ring (bicyclic) bond motifs is 1. The number of pyridine rings is 1. The number of hydrogen-bond donors (Lipinski definition) is 1. The van der Waals surface area contributed by atoms with Gasteiger partial charge in [-0.3, -0.25) is 9.69 Å². The maximum atomic E-state index is 13.1. The molecule has 2 aliphatic rings. The summed E-state index contributed by atoms with van der Waals surface area (Å²) in [7, 11) is 0. The van der Waals surface area contributed by atoms with E-state index in [-0.39, 0.29) is 11.6 Å². The van der Waals surface area contributed by atoms with Crippen LogP contribution in [-0.2, 0) is 6.54 Å². The SMILES string of the molecule is CCC(c1nnnn1C1CCCC1)N(Cc1cc2ccc(C)cc2[nH]c1=O)C1CCCCC1. The number of nitrogens with one attached hydrogen (secondary N) is 1. The van der Waals surface area contributed by atoms with Crippen LogP contribution in [0.5, 0.6) is 0 Å². The van der Waals surface area contributed by atoms with Crippen LogP contribution in [0.15, 0.2) is 29.1 Å². The molecule has 0 aliphatic heterocycles. The third kappa shape index (κ3) is 4.60. The van der Waals surface area contributed by atoms with Gasteiger partial charge in [-0.05, 0) is 72.5 Å². The Morgan fingerprint density at radius 1 is 1.09 bits per heavy atom. The standard InChI is InChI=1S/C26H36N6O/c1-3-24(25-28-29-30-32(25)22-11-7-8-12-22)31(21-9-5-4-6-10-21)17-20-16-19-14-13-18(2)15-23(19)27-26(20)33/h13-16,21-22,24H,3-12,17H2,1-2H3,(H,27,33). The first-order valence-corrected chi connectivity index (χ1v) is 12.8. The molecular formula is C26H36N6O. The summed E-state index contributed by atoms with van der Waals surface area (Å²) < 4.78 is 2.10. The van der Waals surface area contributed by atoms with Crippen LogP contribution in [0.2, 0.25) is 0 Å². The van der Waals surface area contributed by atoms with Crippen LogP contribution in [0.25, 0.3) is 10.9 Å². The maximum Gasteiger partial charge on any atom is 0.252 e. The van der Waals surface area contributed by atoms with Crippen molar-refractivity contribution in [3.8, 4) is 0 Å². The van der Waals surface area contributed by atoms with Gasteiger partial charge in [0.1, 0.15) is 0 Å². The van der Waals surface area contributed by atoms with Crippen molar-refractivity contribution in [2.75, 3.05) is 0 Å². The summed E-state index contributed by atoms with van der Waals surface area (Å²) in [6.45, 7) is 4.90. The van der Waals surface area contributed by atoms with Gasteiger partial charge in [0, 0.05) is 23.7 Å². The van der Waals surface area contributed by atoms with Gasteiger partial charge in [0.25, 0.3) is 5.56 Å². The van der Waals surface area contributed by atoms with Gasteiger partial charge < -0.3 is 4.98 Å². The monoisotopic (exact) mass is 448 g/mol. The molecule has 2 heterocycles. The van der Waals surface area contributed by atoms with Crippen molar-refractivity contribution in [2.45, 2.75) is 103 Å². The average Bonchev–Trinajstić information content (AvgIpc) is 3.52. The number of rotatable bonds is 7. The largest absolute Gasteiger partial charge is 0.322 e. The number of benzene rings is 1. The van der Waals surface area contributed by atoms with Crippen molar-refractivity contribution < 1.29 is 0 Å². The molecule has 2 aliphatic carbocycles. The van der Waals surface area contributed by atoms with E-state index in [4.69, 9.17) is 0 Å². The number of H-pyrrole nitrogens is 1. The minimum Gasteiger partial charge on any atom is -0.322 e. The van der Waals surface area contributed by atoms with E-state index >= 15 is 0 Å². The first kappa shape index (κ1) is 22.3. The van der Waals surface area contributed by atoms with Crippen molar-refractivity contribution in [3.63, 3.8) is 0 Å². The molecule has 0 saturated heterocycles. The third-order valence-electron chi connectivity index (χ3n) is 7.75. The second-order valence-electron chi connectivity index (χ2n) is 10.0. The minimum atomic E-state index is 0.0131. The molecule has 1 N–H and O–H groups in total. The molecule has 2 saturated carbocycles. The van der Waals surface area contributed by atoms with E-state index in [2.05, 4.69) is 62.1 Å². The Balaban J connectivity index is 1.51. The van der Waals surface area contributed by atoms with Crippen molar-refractivity contribution >= 4 is 10.9 Å². The first-order chi connectivity index (χ1) is 16.1.